The molecule has 2 aromatic heterocycles. The van der Waals surface area contributed by atoms with Crippen molar-refractivity contribution in [3.63, 3.8) is 0 Å². The van der Waals surface area contributed by atoms with Crippen molar-refractivity contribution in [3.8, 4) is 11.8 Å². The van der Waals surface area contributed by atoms with E-state index in [1.54, 1.807) is 24.3 Å². The van der Waals surface area contributed by atoms with Crippen LogP contribution in [0, 0.1) is 23.1 Å². The van der Waals surface area contributed by atoms with Gasteiger partial charge in [0, 0.05) is 23.2 Å². The summed E-state index contributed by atoms with van der Waals surface area (Å²) in [6.45, 7) is 0.624. The van der Waals surface area contributed by atoms with E-state index in [2.05, 4.69) is 27.0 Å². The van der Waals surface area contributed by atoms with Crippen LogP contribution in [-0.2, 0) is 6.42 Å². The molecule has 0 N–H and O–H groups in total. The summed E-state index contributed by atoms with van der Waals surface area (Å²) in [6, 6.07) is 10.2. The van der Waals surface area contributed by atoms with E-state index in [0.29, 0.717) is 35.2 Å². The molecule has 33 heavy (non-hydrogen) atoms. The molecule has 0 radical (unpaired) electrons. The van der Waals surface area contributed by atoms with Crippen LogP contribution in [0.1, 0.15) is 30.4 Å². The van der Waals surface area contributed by atoms with E-state index >= 15 is 0 Å². The van der Waals surface area contributed by atoms with E-state index in [9.17, 15) is 17.6 Å². The number of anilines is 2. The number of rotatable bonds is 1. The number of aromatic nitrogens is 4. The van der Waals surface area contributed by atoms with Gasteiger partial charge in [-0.2, -0.15) is 18.2 Å². The van der Waals surface area contributed by atoms with Crippen molar-refractivity contribution in [1.82, 2.24) is 19.6 Å². The van der Waals surface area contributed by atoms with Crippen molar-refractivity contribution < 1.29 is 17.6 Å². The lowest BCUT2D eigenvalue weighted by Gasteiger charge is -2.32. The number of hydrogen-bond donors (Lipinski definition) is 0. The van der Waals surface area contributed by atoms with Crippen LogP contribution in [0.2, 0.25) is 0 Å². The van der Waals surface area contributed by atoms with E-state index in [1.807, 2.05) is 11.0 Å². The smallest absolute Gasteiger partial charge is 0.325 e. The Bertz CT molecular complexity index is 1470. The lowest BCUT2D eigenvalue weighted by molar-refractivity contribution is -0.168. The molecule has 2 aliphatic rings. The Labute approximate surface area is 186 Å². The third kappa shape index (κ3) is 3.04. The predicted molar refractivity (Wildman–Crippen MR) is 115 cm³/mol. The lowest BCUT2D eigenvalue weighted by atomic mass is 9.95. The maximum Gasteiger partial charge on any atom is 0.405 e. The quantitative estimate of drug-likeness (QED) is 0.295. The number of para-hydroxylation sites is 1. The Balaban J connectivity index is 1.50. The third-order valence-corrected chi connectivity index (χ3v) is 6.44. The number of hydrogen-bond acceptors (Lipinski definition) is 4. The summed E-state index contributed by atoms with van der Waals surface area (Å²) < 4.78 is 56.3. The number of alkyl halides is 3. The van der Waals surface area contributed by atoms with Gasteiger partial charge in [0.2, 0.25) is 0 Å². The summed E-state index contributed by atoms with van der Waals surface area (Å²) in [5.41, 5.74) is 0.727. The summed E-state index contributed by atoms with van der Waals surface area (Å²) in [7, 11) is 0. The first-order chi connectivity index (χ1) is 15.9. The molecule has 2 aromatic carbocycles. The number of nitrogens with zero attached hydrogens (tertiary/aromatic N) is 5. The van der Waals surface area contributed by atoms with E-state index in [1.165, 1.54) is 16.8 Å². The van der Waals surface area contributed by atoms with Crippen LogP contribution in [0.5, 0.6) is 0 Å². The first-order valence-electron chi connectivity index (χ1n) is 10.7. The van der Waals surface area contributed by atoms with Crippen LogP contribution >= 0.6 is 0 Å². The molecule has 0 amide bonds. The molecule has 0 spiro atoms. The fourth-order valence-corrected chi connectivity index (χ4v) is 4.52. The Morgan fingerprint density at radius 3 is 2.67 bits per heavy atom. The van der Waals surface area contributed by atoms with E-state index in [-0.39, 0.29) is 18.6 Å². The zero-order valence-corrected chi connectivity index (χ0v) is 17.3. The molecular formula is C24H17F4N5. The van der Waals surface area contributed by atoms with Crippen LogP contribution in [-0.4, -0.2) is 32.3 Å². The maximum absolute atomic E-state index is 14.8. The molecule has 0 unspecified atom stereocenters. The van der Waals surface area contributed by atoms with E-state index < -0.39 is 17.4 Å². The second kappa shape index (κ2) is 6.91. The molecule has 0 saturated heterocycles. The van der Waals surface area contributed by atoms with Crippen molar-refractivity contribution in [2.75, 3.05) is 11.4 Å². The fraction of sp³-hybridized carbons (Fsp3) is 0.292. The van der Waals surface area contributed by atoms with Gasteiger partial charge in [0.05, 0.1) is 5.52 Å². The Morgan fingerprint density at radius 1 is 1.06 bits per heavy atom. The van der Waals surface area contributed by atoms with Gasteiger partial charge in [-0.3, -0.25) is 4.40 Å². The molecule has 1 fully saturated rings. The molecule has 0 bridgehead atoms. The Hall–Kier alpha value is -3.67. The average Bonchev–Trinajstić information content (AvgIpc) is 3.47. The molecule has 3 heterocycles. The summed E-state index contributed by atoms with van der Waals surface area (Å²) in [6.07, 6.45) is -1.36. The minimum atomic E-state index is -4.32. The molecule has 9 heteroatoms. The molecule has 1 aliphatic carbocycles. The molecular weight excluding hydrogens is 434 g/mol. The van der Waals surface area contributed by atoms with Gasteiger partial charge in [0.25, 0.3) is 5.78 Å². The number of fused-ring (bicyclic) bond motifs is 4. The van der Waals surface area contributed by atoms with Gasteiger partial charge in [-0.05, 0) is 55.5 Å². The summed E-state index contributed by atoms with van der Waals surface area (Å²) >= 11 is 0. The van der Waals surface area contributed by atoms with Gasteiger partial charge in [-0.1, -0.05) is 24.0 Å². The van der Waals surface area contributed by atoms with Gasteiger partial charge >= 0.3 is 6.18 Å². The van der Waals surface area contributed by atoms with Crippen molar-refractivity contribution >= 4 is 28.2 Å². The van der Waals surface area contributed by atoms with Gasteiger partial charge in [-0.15, -0.1) is 10.2 Å². The zero-order chi connectivity index (χ0) is 22.8. The standard InChI is InChI=1S/C24H17F4N5/c25-18-7-2-5-17-20(18)33-14-29-31-22(33)30-21(17)32-13-3-6-16-15(4-1-8-19(16)32)9-10-23(11-12-23)24(26,27)28/h1-2,4-5,7-8,14H,3,6,11-13H2. The fourth-order valence-electron chi connectivity index (χ4n) is 4.52. The Kier molecular flexibility index (Phi) is 4.18. The van der Waals surface area contributed by atoms with Crippen molar-refractivity contribution in [1.29, 1.82) is 0 Å². The van der Waals surface area contributed by atoms with Gasteiger partial charge < -0.3 is 4.90 Å². The Morgan fingerprint density at radius 2 is 1.88 bits per heavy atom. The zero-order valence-electron chi connectivity index (χ0n) is 17.3. The van der Waals surface area contributed by atoms with Crippen molar-refractivity contribution in [2.45, 2.75) is 31.9 Å². The number of halogens is 4. The summed E-state index contributed by atoms with van der Waals surface area (Å²) in [5, 5.41) is 8.47. The second-order valence-corrected chi connectivity index (χ2v) is 8.46. The molecule has 166 valence electrons. The first-order valence-corrected chi connectivity index (χ1v) is 10.7. The van der Waals surface area contributed by atoms with Crippen LogP contribution in [0.3, 0.4) is 0 Å². The van der Waals surface area contributed by atoms with Crippen molar-refractivity contribution in [2.24, 2.45) is 5.41 Å². The molecule has 1 saturated carbocycles. The number of benzene rings is 2. The monoisotopic (exact) mass is 451 g/mol. The molecule has 5 nitrogen and oxygen atoms in total. The van der Waals surface area contributed by atoms with Gasteiger partial charge in [0.1, 0.15) is 23.4 Å². The van der Waals surface area contributed by atoms with Gasteiger partial charge in [0.15, 0.2) is 0 Å². The highest BCUT2D eigenvalue weighted by Gasteiger charge is 2.62. The summed E-state index contributed by atoms with van der Waals surface area (Å²) in [4.78, 5) is 6.62. The largest absolute Gasteiger partial charge is 0.405 e. The van der Waals surface area contributed by atoms with E-state index in [4.69, 9.17) is 0 Å². The molecule has 6 rings (SSSR count). The molecule has 1 aliphatic heterocycles. The first kappa shape index (κ1) is 20.0. The third-order valence-electron chi connectivity index (χ3n) is 6.44. The lowest BCUT2D eigenvalue weighted by Crippen LogP contribution is -2.26. The predicted octanol–water partition coefficient (Wildman–Crippen LogP) is 5.19. The summed E-state index contributed by atoms with van der Waals surface area (Å²) in [5.74, 6) is 5.72. The molecule has 0 atom stereocenters. The SMILES string of the molecule is Fc1cccc2c(N3CCCc4c(C#CC5(C(F)(F)F)CC5)cccc43)nc3nncn3c12. The van der Waals surface area contributed by atoms with Crippen LogP contribution in [0.15, 0.2) is 42.7 Å². The maximum atomic E-state index is 14.8. The highest BCUT2D eigenvalue weighted by molar-refractivity contribution is 5.94. The van der Waals surface area contributed by atoms with Crippen LogP contribution in [0.25, 0.3) is 16.7 Å². The highest BCUT2D eigenvalue weighted by atomic mass is 19.4. The second-order valence-electron chi connectivity index (χ2n) is 8.46. The van der Waals surface area contributed by atoms with Gasteiger partial charge in [-0.25, -0.2) is 4.39 Å². The van der Waals surface area contributed by atoms with Crippen molar-refractivity contribution in [3.05, 3.63) is 59.7 Å². The minimum absolute atomic E-state index is 0.0461. The molecule has 4 aromatic rings. The highest BCUT2D eigenvalue weighted by Crippen LogP contribution is 2.57. The van der Waals surface area contributed by atoms with Crippen LogP contribution < -0.4 is 4.90 Å². The van der Waals surface area contributed by atoms with Crippen LogP contribution in [0.4, 0.5) is 29.1 Å². The minimum Gasteiger partial charge on any atom is -0.325 e. The topological polar surface area (TPSA) is 46.3 Å². The normalized spacial score (nSPS) is 17.0. The van der Waals surface area contributed by atoms with E-state index in [0.717, 1.165) is 17.7 Å². The average molecular weight is 451 g/mol.